The summed E-state index contributed by atoms with van der Waals surface area (Å²) in [6.07, 6.45) is 1.19. The van der Waals surface area contributed by atoms with Crippen molar-refractivity contribution >= 4 is 34.3 Å². The number of furan rings is 1. The van der Waals surface area contributed by atoms with Crippen LogP contribution in [0.25, 0.3) is 11.1 Å². The maximum Gasteiger partial charge on any atom is 0.262 e. The lowest BCUT2D eigenvalue weighted by molar-refractivity contribution is 0.102. The predicted molar refractivity (Wildman–Crippen MR) is 78.7 cm³/mol. The van der Waals surface area contributed by atoms with Gasteiger partial charge in [0.05, 0.1) is 16.9 Å². The second-order valence-electron chi connectivity index (χ2n) is 4.53. The fourth-order valence-corrected chi connectivity index (χ4v) is 2.27. The van der Waals surface area contributed by atoms with E-state index in [0.29, 0.717) is 5.69 Å². The molecule has 6 nitrogen and oxygen atoms in total. The van der Waals surface area contributed by atoms with E-state index in [9.17, 15) is 14.0 Å². The minimum atomic E-state index is -0.592. The number of aromatic amines is 1. The molecule has 1 aromatic carbocycles. The lowest BCUT2D eigenvalue weighted by Gasteiger charge is -2.05. The van der Waals surface area contributed by atoms with E-state index in [1.54, 1.807) is 6.92 Å². The summed E-state index contributed by atoms with van der Waals surface area (Å²) < 4.78 is 18.4. The average Bonchev–Trinajstić information content (AvgIpc) is 2.80. The molecule has 8 heteroatoms. The maximum absolute atomic E-state index is 13.1. The molecule has 0 aliphatic carbocycles. The molecule has 2 N–H and O–H groups in total. The molecule has 0 saturated heterocycles. The van der Waals surface area contributed by atoms with E-state index in [0.717, 1.165) is 6.07 Å². The van der Waals surface area contributed by atoms with Gasteiger partial charge in [-0.1, -0.05) is 11.6 Å². The summed E-state index contributed by atoms with van der Waals surface area (Å²) in [6, 6.07) is 3.76. The van der Waals surface area contributed by atoms with Crippen LogP contribution in [-0.2, 0) is 0 Å². The largest absolute Gasteiger partial charge is 0.442 e. The van der Waals surface area contributed by atoms with Gasteiger partial charge >= 0.3 is 0 Å². The molecular formula is C14H9ClFN3O3. The first-order chi connectivity index (χ1) is 10.5. The van der Waals surface area contributed by atoms with Crippen molar-refractivity contribution in [3.8, 4) is 0 Å². The van der Waals surface area contributed by atoms with Crippen LogP contribution in [0.4, 0.5) is 10.1 Å². The highest BCUT2D eigenvalue weighted by Crippen LogP contribution is 2.23. The molecule has 22 heavy (non-hydrogen) atoms. The third kappa shape index (κ3) is 2.35. The number of amides is 1. The van der Waals surface area contributed by atoms with Crippen LogP contribution in [-0.4, -0.2) is 15.9 Å². The molecule has 112 valence electrons. The van der Waals surface area contributed by atoms with Gasteiger partial charge in [0.25, 0.3) is 11.5 Å². The highest BCUT2D eigenvalue weighted by Gasteiger charge is 2.21. The molecule has 0 aliphatic rings. The van der Waals surface area contributed by atoms with Crippen molar-refractivity contribution in [2.24, 2.45) is 0 Å². The summed E-state index contributed by atoms with van der Waals surface area (Å²) in [5, 5.41) is 2.48. The van der Waals surface area contributed by atoms with Crippen molar-refractivity contribution in [2.75, 3.05) is 5.32 Å². The van der Waals surface area contributed by atoms with Crippen LogP contribution in [0.3, 0.4) is 0 Å². The molecular weight excluding hydrogens is 313 g/mol. The Bertz CT molecular complexity index is 948. The highest BCUT2D eigenvalue weighted by atomic mass is 35.5. The SMILES string of the molecule is Cc1oc2nc[nH]c(=O)c2c1C(=O)Nc1ccc(F)c(Cl)c1. The molecule has 0 aliphatic heterocycles. The monoisotopic (exact) mass is 321 g/mol. The summed E-state index contributed by atoms with van der Waals surface area (Å²) in [5.41, 5.74) is -0.0389. The number of aryl methyl sites for hydroxylation is 1. The number of benzene rings is 1. The predicted octanol–water partition coefficient (Wildman–Crippen LogP) is 2.87. The van der Waals surface area contributed by atoms with Gasteiger partial charge in [-0.25, -0.2) is 9.37 Å². The molecule has 0 fully saturated rings. The second-order valence-corrected chi connectivity index (χ2v) is 4.94. The van der Waals surface area contributed by atoms with Gasteiger partial charge in [0.2, 0.25) is 5.71 Å². The van der Waals surface area contributed by atoms with E-state index in [1.807, 2.05) is 0 Å². The number of hydrogen-bond acceptors (Lipinski definition) is 4. The van der Waals surface area contributed by atoms with Crippen LogP contribution >= 0.6 is 11.6 Å². The number of anilines is 1. The number of H-pyrrole nitrogens is 1. The summed E-state index contributed by atoms with van der Waals surface area (Å²) in [4.78, 5) is 30.5. The first-order valence-electron chi connectivity index (χ1n) is 6.20. The maximum atomic E-state index is 13.1. The number of halogens is 2. The molecule has 0 atom stereocenters. The highest BCUT2D eigenvalue weighted by molar-refractivity contribution is 6.31. The number of nitrogens with zero attached hydrogens (tertiary/aromatic N) is 1. The van der Waals surface area contributed by atoms with Crippen LogP contribution in [0.5, 0.6) is 0 Å². The number of rotatable bonds is 2. The summed E-state index contributed by atoms with van der Waals surface area (Å²) in [6.45, 7) is 1.55. The van der Waals surface area contributed by atoms with E-state index in [2.05, 4.69) is 15.3 Å². The molecule has 3 rings (SSSR count). The van der Waals surface area contributed by atoms with Gasteiger partial charge in [-0.3, -0.25) is 9.59 Å². The van der Waals surface area contributed by atoms with Crippen LogP contribution in [0.1, 0.15) is 16.1 Å². The van der Waals surface area contributed by atoms with E-state index < -0.39 is 17.3 Å². The minimum absolute atomic E-state index is 0.0608. The average molecular weight is 322 g/mol. The zero-order valence-electron chi connectivity index (χ0n) is 11.2. The number of hydrogen-bond donors (Lipinski definition) is 2. The standard InChI is InChI=1S/C14H9ClFN3O3/c1-6-10(11-12(20)17-5-18-14(11)22-6)13(21)19-7-2-3-9(16)8(15)4-7/h2-5H,1H3,(H,19,21)(H,17,18,20). The van der Waals surface area contributed by atoms with Gasteiger partial charge in [-0.2, -0.15) is 0 Å². The quantitative estimate of drug-likeness (QED) is 0.759. The van der Waals surface area contributed by atoms with Crippen LogP contribution in [0, 0.1) is 12.7 Å². The first kappa shape index (κ1) is 14.3. The van der Waals surface area contributed by atoms with Crippen LogP contribution in [0.15, 0.2) is 33.7 Å². The van der Waals surface area contributed by atoms with Gasteiger partial charge in [-0.05, 0) is 25.1 Å². The Hall–Kier alpha value is -2.67. The van der Waals surface area contributed by atoms with Crippen molar-refractivity contribution in [1.82, 2.24) is 9.97 Å². The second kappa shape index (κ2) is 5.27. The van der Waals surface area contributed by atoms with Gasteiger partial charge in [0.1, 0.15) is 17.0 Å². The van der Waals surface area contributed by atoms with Crippen molar-refractivity contribution < 1.29 is 13.6 Å². The summed E-state index contributed by atoms with van der Waals surface area (Å²) in [5.74, 6) is -0.910. The summed E-state index contributed by atoms with van der Waals surface area (Å²) in [7, 11) is 0. The van der Waals surface area contributed by atoms with Crippen molar-refractivity contribution in [1.29, 1.82) is 0 Å². The van der Waals surface area contributed by atoms with Crippen molar-refractivity contribution in [3.05, 3.63) is 57.0 Å². The third-order valence-corrected chi connectivity index (χ3v) is 3.36. The normalized spacial score (nSPS) is 10.9. The van der Waals surface area contributed by atoms with E-state index >= 15 is 0 Å². The van der Waals surface area contributed by atoms with E-state index in [4.69, 9.17) is 16.0 Å². The molecule has 0 unspecified atom stereocenters. The Kier molecular flexibility index (Phi) is 3.42. The van der Waals surface area contributed by atoms with Gasteiger partial charge < -0.3 is 14.7 Å². The lowest BCUT2D eigenvalue weighted by atomic mass is 10.1. The van der Waals surface area contributed by atoms with Crippen LogP contribution in [0.2, 0.25) is 5.02 Å². The number of fused-ring (bicyclic) bond motifs is 1. The van der Waals surface area contributed by atoms with Crippen LogP contribution < -0.4 is 10.9 Å². The number of nitrogens with one attached hydrogen (secondary N) is 2. The fraction of sp³-hybridized carbons (Fsp3) is 0.0714. The Morgan fingerprint density at radius 3 is 2.95 bits per heavy atom. The molecule has 3 aromatic rings. The number of aromatic nitrogens is 2. The molecule has 0 bridgehead atoms. The first-order valence-corrected chi connectivity index (χ1v) is 6.58. The van der Waals surface area contributed by atoms with Gasteiger partial charge in [-0.15, -0.1) is 0 Å². The topological polar surface area (TPSA) is 88.0 Å². The summed E-state index contributed by atoms with van der Waals surface area (Å²) >= 11 is 5.66. The Morgan fingerprint density at radius 2 is 2.23 bits per heavy atom. The van der Waals surface area contributed by atoms with E-state index in [-0.39, 0.29) is 27.4 Å². The lowest BCUT2D eigenvalue weighted by Crippen LogP contribution is -2.16. The van der Waals surface area contributed by atoms with Gasteiger partial charge in [0.15, 0.2) is 0 Å². The smallest absolute Gasteiger partial charge is 0.262 e. The number of carbonyl (C=O) groups excluding carboxylic acids is 1. The molecule has 0 radical (unpaired) electrons. The Morgan fingerprint density at radius 1 is 1.45 bits per heavy atom. The molecule has 0 saturated carbocycles. The van der Waals surface area contributed by atoms with Crippen molar-refractivity contribution in [3.63, 3.8) is 0 Å². The Balaban J connectivity index is 2.04. The molecule has 2 heterocycles. The Labute approximate surface area is 127 Å². The minimum Gasteiger partial charge on any atom is -0.442 e. The molecule has 0 spiro atoms. The number of carbonyl (C=O) groups is 1. The third-order valence-electron chi connectivity index (χ3n) is 3.07. The van der Waals surface area contributed by atoms with Gasteiger partial charge in [0, 0.05) is 5.69 Å². The van der Waals surface area contributed by atoms with E-state index in [1.165, 1.54) is 18.5 Å². The zero-order chi connectivity index (χ0) is 15.9. The fourth-order valence-electron chi connectivity index (χ4n) is 2.09. The molecule has 1 amide bonds. The van der Waals surface area contributed by atoms with Crippen molar-refractivity contribution in [2.45, 2.75) is 6.92 Å². The molecule has 2 aromatic heterocycles. The zero-order valence-corrected chi connectivity index (χ0v) is 12.0.